The molecule has 1 saturated carbocycles. The van der Waals surface area contributed by atoms with E-state index in [0.29, 0.717) is 6.04 Å². The van der Waals surface area contributed by atoms with Gasteiger partial charge < -0.3 is 14.4 Å². The summed E-state index contributed by atoms with van der Waals surface area (Å²) in [5.41, 5.74) is 1.37. The lowest BCUT2D eigenvalue weighted by Gasteiger charge is -2.32. The maximum absolute atomic E-state index is 6.99. The number of fused-ring (bicyclic) bond motifs is 1. The fourth-order valence-corrected chi connectivity index (χ4v) is 8.42. The molecule has 53 heavy (non-hydrogen) atoms. The number of nitrogens with zero attached hydrogens (tertiary/aromatic N) is 2. The molecule has 3 rings (SSSR count). The van der Waals surface area contributed by atoms with Crippen molar-refractivity contribution in [2.75, 3.05) is 13.6 Å². The largest absolute Gasteiger partial charge is 0.344 e. The Morgan fingerprint density at radius 1 is 0.679 bits per heavy atom. The molecule has 2 fully saturated rings. The molecule has 302 valence electrons. The van der Waals surface area contributed by atoms with Crippen LogP contribution < -0.4 is 0 Å². The smallest absolute Gasteiger partial charge is 0.169 e. The van der Waals surface area contributed by atoms with Crippen LogP contribution in [0.15, 0.2) is 61.0 Å². The molecule has 0 aromatic carbocycles. The van der Waals surface area contributed by atoms with Crippen LogP contribution in [0.5, 0.6) is 0 Å². The summed E-state index contributed by atoms with van der Waals surface area (Å²) in [6.45, 7) is 8.06. The SMILES string of the molecule is CCCCC/C=C\CC(C)CCCCCCCCC1(CCCCCCCC/C=C\C=C\CCCCC)OC2CC(N(C)CCc3ccncc3)CC2O1. The Morgan fingerprint density at radius 2 is 1.19 bits per heavy atom. The van der Waals surface area contributed by atoms with Gasteiger partial charge in [0.05, 0.1) is 12.2 Å². The van der Waals surface area contributed by atoms with E-state index < -0.39 is 0 Å². The molecule has 0 spiro atoms. The zero-order valence-electron chi connectivity index (χ0n) is 35.3. The highest BCUT2D eigenvalue weighted by Crippen LogP contribution is 2.44. The molecular formula is C49H84N2O2. The normalized spacial score (nSPS) is 22.3. The van der Waals surface area contributed by atoms with E-state index in [0.717, 1.165) is 44.6 Å². The van der Waals surface area contributed by atoms with Crippen LogP contribution in [0.3, 0.4) is 0 Å². The Bertz CT molecular complexity index is 1070. The highest BCUT2D eigenvalue weighted by Gasteiger charge is 2.51. The minimum absolute atomic E-state index is 0.260. The van der Waals surface area contributed by atoms with Gasteiger partial charge in [-0.15, -0.1) is 0 Å². The van der Waals surface area contributed by atoms with E-state index in [1.807, 2.05) is 12.4 Å². The number of rotatable bonds is 33. The van der Waals surface area contributed by atoms with Crippen LogP contribution in [-0.4, -0.2) is 47.5 Å². The summed E-state index contributed by atoms with van der Waals surface area (Å²) in [6, 6.07) is 4.83. The van der Waals surface area contributed by atoms with Crippen molar-refractivity contribution in [1.29, 1.82) is 0 Å². The standard InChI is InChI=1S/C49H84N2O2/c1-5-7-9-11-13-14-15-16-17-18-19-20-22-26-30-37-49(38-31-27-23-21-25-29-33-44(3)32-28-24-12-10-8-6-2)52-47-42-46(43-48(47)53-49)51(4)41-36-45-34-39-50-40-35-45/h13-16,24,28,34-35,39-40,44,46-48H,5-12,17-23,25-27,29-33,36-38,41-43H2,1-4H3/b14-13+,16-15-,28-24-. The highest BCUT2D eigenvalue weighted by molar-refractivity contribution is 5.10. The summed E-state index contributed by atoms with van der Waals surface area (Å²) < 4.78 is 14.0. The van der Waals surface area contributed by atoms with Crippen molar-refractivity contribution in [2.45, 2.75) is 225 Å². The van der Waals surface area contributed by atoms with Crippen LogP contribution in [0.4, 0.5) is 0 Å². The average Bonchev–Trinajstić information content (AvgIpc) is 3.72. The summed E-state index contributed by atoms with van der Waals surface area (Å²) in [7, 11) is 2.29. The van der Waals surface area contributed by atoms with Crippen LogP contribution >= 0.6 is 0 Å². The van der Waals surface area contributed by atoms with Crippen molar-refractivity contribution >= 4 is 0 Å². The second kappa shape index (κ2) is 29.5. The Kier molecular flexibility index (Phi) is 25.4. The predicted octanol–water partition coefficient (Wildman–Crippen LogP) is 14.3. The maximum Gasteiger partial charge on any atom is 0.169 e. The quantitative estimate of drug-likeness (QED) is 0.0409. The molecule has 0 N–H and O–H groups in total. The Hall–Kier alpha value is -1.75. The van der Waals surface area contributed by atoms with Crippen molar-refractivity contribution in [3.05, 3.63) is 66.5 Å². The lowest BCUT2D eigenvalue weighted by atomic mass is 9.97. The topological polar surface area (TPSA) is 34.6 Å². The zero-order chi connectivity index (χ0) is 37.7. The molecule has 0 amide bonds. The van der Waals surface area contributed by atoms with Crippen LogP contribution in [-0.2, 0) is 15.9 Å². The second-order valence-electron chi connectivity index (χ2n) is 16.9. The molecule has 2 heterocycles. The number of allylic oxidation sites excluding steroid dienone is 6. The molecule has 3 atom stereocenters. The van der Waals surface area contributed by atoms with E-state index >= 15 is 0 Å². The first kappa shape index (κ1) is 45.6. The Morgan fingerprint density at radius 3 is 1.77 bits per heavy atom. The highest BCUT2D eigenvalue weighted by atomic mass is 16.8. The first-order valence-corrected chi connectivity index (χ1v) is 23.0. The Labute approximate surface area is 329 Å². The van der Waals surface area contributed by atoms with Gasteiger partial charge in [-0.3, -0.25) is 4.98 Å². The Balaban J connectivity index is 1.33. The van der Waals surface area contributed by atoms with E-state index in [2.05, 4.69) is 86.3 Å². The average molecular weight is 733 g/mol. The van der Waals surface area contributed by atoms with Gasteiger partial charge in [-0.05, 0) is 108 Å². The van der Waals surface area contributed by atoms with Crippen molar-refractivity contribution in [1.82, 2.24) is 9.88 Å². The summed E-state index contributed by atoms with van der Waals surface area (Å²) in [5, 5.41) is 0. The van der Waals surface area contributed by atoms with E-state index in [4.69, 9.17) is 9.47 Å². The third-order valence-electron chi connectivity index (χ3n) is 12.0. The predicted molar refractivity (Wildman–Crippen MR) is 229 cm³/mol. The molecule has 3 unspecified atom stereocenters. The van der Waals surface area contributed by atoms with Gasteiger partial charge in [0.1, 0.15) is 0 Å². The summed E-state index contributed by atoms with van der Waals surface area (Å²) in [5.74, 6) is 0.480. The molecule has 1 aromatic heterocycles. The number of ether oxygens (including phenoxy) is 2. The van der Waals surface area contributed by atoms with Gasteiger partial charge in [-0.1, -0.05) is 147 Å². The van der Waals surface area contributed by atoms with Gasteiger partial charge in [0, 0.05) is 37.8 Å². The minimum Gasteiger partial charge on any atom is -0.344 e. The van der Waals surface area contributed by atoms with E-state index in [9.17, 15) is 0 Å². The van der Waals surface area contributed by atoms with Crippen molar-refractivity contribution in [3.63, 3.8) is 0 Å². The van der Waals surface area contributed by atoms with E-state index in [-0.39, 0.29) is 18.0 Å². The molecular weight excluding hydrogens is 649 g/mol. The maximum atomic E-state index is 6.99. The molecule has 1 aliphatic carbocycles. The molecule has 2 aliphatic rings. The van der Waals surface area contributed by atoms with Crippen molar-refractivity contribution in [2.24, 2.45) is 5.92 Å². The molecule has 1 saturated heterocycles. The number of hydrogen-bond acceptors (Lipinski definition) is 4. The first-order chi connectivity index (χ1) is 26.0. The summed E-state index contributed by atoms with van der Waals surface area (Å²) in [6.07, 6.45) is 54.0. The number of hydrogen-bond donors (Lipinski definition) is 0. The molecule has 0 radical (unpaired) electrons. The molecule has 4 heteroatoms. The fourth-order valence-electron chi connectivity index (χ4n) is 8.42. The van der Waals surface area contributed by atoms with Gasteiger partial charge in [-0.2, -0.15) is 0 Å². The van der Waals surface area contributed by atoms with E-state index in [1.54, 1.807) is 0 Å². The van der Waals surface area contributed by atoms with Crippen LogP contribution in [0.25, 0.3) is 0 Å². The number of aromatic nitrogens is 1. The van der Waals surface area contributed by atoms with Crippen LogP contribution in [0, 0.1) is 5.92 Å². The van der Waals surface area contributed by atoms with Gasteiger partial charge in [-0.25, -0.2) is 0 Å². The van der Waals surface area contributed by atoms with E-state index in [1.165, 1.54) is 153 Å². The molecule has 0 bridgehead atoms. The molecule has 1 aromatic rings. The third kappa shape index (κ3) is 20.7. The fraction of sp³-hybridized carbons (Fsp3) is 0.776. The van der Waals surface area contributed by atoms with Gasteiger partial charge in [0.15, 0.2) is 5.79 Å². The monoisotopic (exact) mass is 733 g/mol. The van der Waals surface area contributed by atoms with Crippen molar-refractivity contribution in [3.8, 4) is 0 Å². The summed E-state index contributed by atoms with van der Waals surface area (Å²) >= 11 is 0. The lowest BCUT2D eigenvalue weighted by molar-refractivity contribution is -0.193. The van der Waals surface area contributed by atoms with Gasteiger partial charge in [0.2, 0.25) is 0 Å². The van der Waals surface area contributed by atoms with Gasteiger partial charge in [0.25, 0.3) is 0 Å². The molecule has 4 nitrogen and oxygen atoms in total. The zero-order valence-corrected chi connectivity index (χ0v) is 35.3. The first-order valence-electron chi connectivity index (χ1n) is 23.0. The second-order valence-corrected chi connectivity index (χ2v) is 16.9. The van der Waals surface area contributed by atoms with Gasteiger partial charge >= 0.3 is 0 Å². The van der Waals surface area contributed by atoms with Crippen LogP contribution in [0.1, 0.15) is 200 Å². The van der Waals surface area contributed by atoms with Crippen LogP contribution in [0.2, 0.25) is 0 Å². The number of likely N-dealkylation sites (N-methyl/N-ethyl adjacent to an activating group) is 1. The number of unbranched alkanes of at least 4 members (excludes halogenated alkanes) is 17. The minimum atomic E-state index is -0.343. The van der Waals surface area contributed by atoms with Crippen molar-refractivity contribution < 1.29 is 9.47 Å². The molecule has 1 aliphatic heterocycles. The summed E-state index contributed by atoms with van der Waals surface area (Å²) in [4.78, 5) is 6.72. The lowest BCUT2D eigenvalue weighted by Crippen LogP contribution is -2.36. The third-order valence-corrected chi connectivity index (χ3v) is 12.0. The number of pyridine rings is 1.